The quantitative estimate of drug-likeness (QED) is 0.830. The monoisotopic (exact) mass is 269 g/mol. The number of halogens is 1. The minimum absolute atomic E-state index is 0.0132. The summed E-state index contributed by atoms with van der Waals surface area (Å²) in [4.78, 5) is 0. The molecule has 1 unspecified atom stereocenters. The number of hydrogen-bond acceptors (Lipinski definition) is 2. The highest BCUT2D eigenvalue weighted by Gasteiger charge is 2.09. The molecule has 2 nitrogen and oxygen atoms in total. The average Bonchev–Trinajstić information content (AvgIpc) is 2.23. The second kappa shape index (κ2) is 5.93. The Bertz CT molecular complexity index is 338. The predicted molar refractivity (Wildman–Crippen MR) is 67.2 cm³/mol. The minimum Gasteiger partial charge on any atom is -0.485 e. The zero-order valence-electron chi connectivity index (χ0n) is 9.09. The molecule has 1 aromatic carbocycles. The van der Waals surface area contributed by atoms with Crippen LogP contribution in [0.3, 0.4) is 0 Å². The molecule has 0 aliphatic heterocycles. The van der Waals surface area contributed by atoms with Gasteiger partial charge in [-0.15, -0.1) is 0 Å². The van der Waals surface area contributed by atoms with Crippen LogP contribution >= 0.6 is 15.9 Å². The van der Waals surface area contributed by atoms with Crippen molar-refractivity contribution in [1.29, 1.82) is 0 Å². The summed E-state index contributed by atoms with van der Waals surface area (Å²) in [6.07, 6.45) is 1.79. The van der Waals surface area contributed by atoms with Gasteiger partial charge in [0, 0.05) is 12.1 Å². The summed E-state index contributed by atoms with van der Waals surface area (Å²) in [5, 5.41) is 3.12. The van der Waals surface area contributed by atoms with Crippen LogP contribution in [0.1, 0.15) is 12.5 Å². The largest absolute Gasteiger partial charge is 0.485 e. The summed E-state index contributed by atoms with van der Waals surface area (Å²) < 4.78 is 6.75. The van der Waals surface area contributed by atoms with Crippen LogP contribution in [-0.4, -0.2) is 13.2 Å². The molecule has 3 heteroatoms. The van der Waals surface area contributed by atoms with E-state index in [4.69, 9.17) is 4.74 Å². The van der Waals surface area contributed by atoms with Crippen LogP contribution in [0.4, 0.5) is 0 Å². The fourth-order valence-corrected chi connectivity index (χ4v) is 1.75. The van der Waals surface area contributed by atoms with Gasteiger partial charge in [0.2, 0.25) is 0 Å². The standard InChI is InChI=1S/C12H16BrNO/c1-4-9(2)15-12-10(8-14-3)6-5-7-11(12)13/h4-7,9,14H,1,8H2,2-3H3. The fourth-order valence-electron chi connectivity index (χ4n) is 1.25. The third kappa shape index (κ3) is 3.36. The second-order valence-electron chi connectivity index (χ2n) is 3.32. The van der Waals surface area contributed by atoms with Crippen LogP contribution in [0.2, 0.25) is 0 Å². The molecule has 0 spiro atoms. The van der Waals surface area contributed by atoms with Gasteiger partial charge >= 0.3 is 0 Å². The number of ether oxygens (including phenoxy) is 1. The lowest BCUT2D eigenvalue weighted by atomic mass is 10.2. The molecule has 1 aromatic rings. The van der Waals surface area contributed by atoms with E-state index in [0.717, 1.165) is 22.3 Å². The first-order chi connectivity index (χ1) is 7.19. The number of nitrogens with one attached hydrogen (secondary N) is 1. The van der Waals surface area contributed by atoms with Gasteiger partial charge in [-0.3, -0.25) is 0 Å². The molecule has 0 heterocycles. The van der Waals surface area contributed by atoms with Gasteiger partial charge in [-0.1, -0.05) is 24.8 Å². The first-order valence-corrected chi connectivity index (χ1v) is 5.69. The van der Waals surface area contributed by atoms with Crippen molar-refractivity contribution < 1.29 is 4.74 Å². The van der Waals surface area contributed by atoms with E-state index >= 15 is 0 Å². The van der Waals surface area contributed by atoms with Crippen molar-refractivity contribution in [3.63, 3.8) is 0 Å². The third-order valence-corrected chi connectivity index (χ3v) is 2.68. The molecule has 1 rings (SSSR count). The molecule has 0 aliphatic carbocycles. The molecule has 0 amide bonds. The Morgan fingerprint density at radius 3 is 2.93 bits per heavy atom. The van der Waals surface area contributed by atoms with Crippen molar-refractivity contribution in [2.45, 2.75) is 19.6 Å². The lowest BCUT2D eigenvalue weighted by Crippen LogP contribution is -2.12. The Balaban J connectivity index is 2.96. The van der Waals surface area contributed by atoms with Gasteiger partial charge in [-0.2, -0.15) is 0 Å². The molecule has 0 saturated heterocycles. The topological polar surface area (TPSA) is 21.3 Å². The highest BCUT2D eigenvalue weighted by atomic mass is 79.9. The molecule has 1 N–H and O–H groups in total. The zero-order chi connectivity index (χ0) is 11.3. The summed E-state index contributed by atoms with van der Waals surface area (Å²) in [6.45, 7) is 6.46. The molecule has 0 aromatic heterocycles. The predicted octanol–water partition coefficient (Wildman–Crippen LogP) is 3.12. The number of para-hydroxylation sites is 1. The maximum atomic E-state index is 5.77. The normalized spacial score (nSPS) is 12.2. The van der Waals surface area contributed by atoms with Crippen molar-refractivity contribution in [1.82, 2.24) is 5.32 Å². The van der Waals surface area contributed by atoms with E-state index in [1.54, 1.807) is 6.08 Å². The van der Waals surface area contributed by atoms with Crippen LogP contribution in [-0.2, 0) is 6.54 Å². The summed E-state index contributed by atoms with van der Waals surface area (Å²) in [5.41, 5.74) is 1.14. The molecule has 0 radical (unpaired) electrons. The fraction of sp³-hybridized carbons (Fsp3) is 0.333. The molecular weight excluding hydrogens is 254 g/mol. The van der Waals surface area contributed by atoms with E-state index in [-0.39, 0.29) is 6.10 Å². The summed E-state index contributed by atoms with van der Waals surface area (Å²) in [5.74, 6) is 0.888. The molecule has 15 heavy (non-hydrogen) atoms. The smallest absolute Gasteiger partial charge is 0.138 e. The lowest BCUT2D eigenvalue weighted by molar-refractivity contribution is 0.265. The number of rotatable bonds is 5. The lowest BCUT2D eigenvalue weighted by Gasteiger charge is -2.16. The molecule has 0 aliphatic rings. The number of hydrogen-bond donors (Lipinski definition) is 1. The van der Waals surface area contributed by atoms with Crippen molar-refractivity contribution in [3.8, 4) is 5.75 Å². The first kappa shape index (κ1) is 12.3. The van der Waals surface area contributed by atoms with E-state index in [1.165, 1.54) is 0 Å². The van der Waals surface area contributed by atoms with Crippen LogP contribution in [0.15, 0.2) is 35.3 Å². The zero-order valence-corrected chi connectivity index (χ0v) is 10.7. The first-order valence-electron chi connectivity index (χ1n) is 4.90. The van der Waals surface area contributed by atoms with Gasteiger partial charge in [0.05, 0.1) is 4.47 Å². The Morgan fingerprint density at radius 2 is 2.33 bits per heavy atom. The van der Waals surface area contributed by atoms with Crippen molar-refractivity contribution in [2.24, 2.45) is 0 Å². The van der Waals surface area contributed by atoms with Crippen LogP contribution in [0, 0.1) is 0 Å². The highest BCUT2D eigenvalue weighted by Crippen LogP contribution is 2.30. The van der Waals surface area contributed by atoms with Crippen molar-refractivity contribution in [3.05, 3.63) is 40.9 Å². The van der Waals surface area contributed by atoms with Crippen LogP contribution in [0.25, 0.3) is 0 Å². The third-order valence-electron chi connectivity index (χ3n) is 2.05. The summed E-state index contributed by atoms with van der Waals surface area (Å²) >= 11 is 3.49. The second-order valence-corrected chi connectivity index (χ2v) is 4.17. The Hall–Kier alpha value is -0.800. The van der Waals surface area contributed by atoms with Gasteiger partial charge in [-0.05, 0) is 36.0 Å². The molecule has 82 valence electrons. The summed E-state index contributed by atoms with van der Waals surface area (Å²) in [7, 11) is 1.92. The molecular formula is C12H16BrNO. The Kier molecular flexibility index (Phi) is 4.85. The van der Waals surface area contributed by atoms with E-state index < -0.39 is 0 Å². The average molecular weight is 270 g/mol. The maximum Gasteiger partial charge on any atom is 0.138 e. The van der Waals surface area contributed by atoms with Gasteiger partial charge in [0.25, 0.3) is 0 Å². The van der Waals surface area contributed by atoms with Crippen molar-refractivity contribution in [2.75, 3.05) is 7.05 Å². The van der Waals surface area contributed by atoms with Gasteiger partial charge < -0.3 is 10.1 Å². The molecule has 0 saturated carbocycles. The summed E-state index contributed by atoms with van der Waals surface area (Å²) in [6, 6.07) is 6.03. The maximum absolute atomic E-state index is 5.77. The Labute approximate surface area is 99.5 Å². The van der Waals surface area contributed by atoms with Crippen LogP contribution in [0.5, 0.6) is 5.75 Å². The SMILES string of the molecule is C=CC(C)Oc1c(Br)cccc1CNC. The Morgan fingerprint density at radius 1 is 1.60 bits per heavy atom. The van der Waals surface area contributed by atoms with E-state index in [1.807, 2.05) is 32.2 Å². The minimum atomic E-state index is 0.0132. The van der Waals surface area contributed by atoms with Crippen molar-refractivity contribution >= 4 is 15.9 Å². The highest BCUT2D eigenvalue weighted by molar-refractivity contribution is 9.10. The molecule has 1 atom stereocenters. The number of benzene rings is 1. The van der Waals surface area contributed by atoms with Gasteiger partial charge in [0.1, 0.15) is 11.9 Å². The van der Waals surface area contributed by atoms with E-state index in [2.05, 4.69) is 27.8 Å². The van der Waals surface area contributed by atoms with Crippen LogP contribution < -0.4 is 10.1 Å². The molecule has 0 bridgehead atoms. The van der Waals surface area contributed by atoms with Gasteiger partial charge in [-0.25, -0.2) is 0 Å². The van der Waals surface area contributed by atoms with E-state index in [9.17, 15) is 0 Å². The van der Waals surface area contributed by atoms with E-state index in [0.29, 0.717) is 0 Å². The van der Waals surface area contributed by atoms with Gasteiger partial charge in [0.15, 0.2) is 0 Å². The molecule has 0 fully saturated rings.